The van der Waals surface area contributed by atoms with Crippen LogP contribution in [0.15, 0.2) is 42.5 Å². The lowest BCUT2D eigenvalue weighted by molar-refractivity contribution is 1.34. The Morgan fingerprint density at radius 3 is 2.38 bits per heavy atom. The first-order valence-corrected chi connectivity index (χ1v) is 5.63. The van der Waals surface area contributed by atoms with Crippen LogP contribution in [-0.4, -0.2) is 0 Å². The van der Waals surface area contributed by atoms with Gasteiger partial charge in [0.1, 0.15) is 0 Å². The molecule has 1 N–H and O–H groups in total. The molecule has 1 nitrogen and oxygen atoms in total. The van der Waals surface area contributed by atoms with Crippen molar-refractivity contribution in [1.29, 1.82) is 0 Å². The second kappa shape index (κ2) is 4.58. The van der Waals surface area contributed by atoms with Gasteiger partial charge >= 0.3 is 0 Å². The number of para-hydroxylation sites is 1. The molecule has 0 spiro atoms. The van der Waals surface area contributed by atoms with E-state index in [1.54, 1.807) is 0 Å². The number of anilines is 2. The zero-order valence-corrected chi connectivity index (χ0v) is 10.2. The second-order valence-electron chi connectivity index (χ2n) is 3.90. The molecule has 2 rings (SSSR count). The largest absolute Gasteiger partial charge is 0.354 e. The highest BCUT2D eigenvalue weighted by atomic mass is 35.5. The molecule has 0 heterocycles. The molecule has 0 bridgehead atoms. The molecule has 0 atom stereocenters. The molecule has 2 aromatic carbocycles. The Hall–Kier alpha value is -1.47. The third kappa shape index (κ3) is 2.37. The standard InChI is InChI=1S/C14H14ClN/c1-10-7-8-12(9-11(10)2)16-14-6-4-3-5-13(14)15/h3-9,16H,1-2H3. The average Bonchev–Trinajstić information content (AvgIpc) is 2.27. The summed E-state index contributed by atoms with van der Waals surface area (Å²) in [5.41, 5.74) is 4.57. The first-order chi connectivity index (χ1) is 7.66. The summed E-state index contributed by atoms with van der Waals surface area (Å²) in [4.78, 5) is 0. The number of aryl methyl sites for hydroxylation is 2. The SMILES string of the molecule is Cc1ccc(Nc2ccccc2Cl)cc1C. The number of hydrogen-bond donors (Lipinski definition) is 1. The number of rotatable bonds is 2. The van der Waals surface area contributed by atoms with Crippen LogP contribution in [0.2, 0.25) is 5.02 Å². The normalized spacial score (nSPS) is 10.2. The second-order valence-corrected chi connectivity index (χ2v) is 4.31. The first kappa shape index (κ1) is 11.0. The van der Waals surface area contributed by atoms with Crippen molar-refractivity contribution in [2.45, 2.75) is 13.8 Å². The van der Waals surface area contributed by atoms with Crippen molar-refractivity contribution in [3.8, 4) is 0 Å². The van der Waals surface area contributed by atoms with E-state index in [9.17, 15) is 0 Å². The summed E-state index contributed by atoms with van der Waals surface area (Å²) in [7, 11) is 0. The van der Waals surface area contributed by atoms with E-state index in [2.05, 4.69) is 37.4 Å². The Morgan fingerprint density at radius 1 is 0.938 bits per heavy atom. The third-order valence-corrected chi connectivity index (χ3v) is 2.99. The molecule has 82 valence electrons. The van der Waals surface area contributed by atoms with Gasteiger partial charge in [-0.25, -0.2) is 0 Å². The predicted molar refractivity (Wildman–Crippen MR) is 70.7 cm³/mol. The predicted octanol–water partition coefficient (Wildman–Crippen LogP) is 4.70. The van der Waals surface area contributed by atoms with Crippen molar-refractivity contribution in [2.24, 2.45) is 0 Å². The Balaban J connectivity index is 2.28. The topological polar surface area (TPSA) is 12.0 Å². The van der Waals surface area contributed by atoms with Crippen molar-refractivity contribution in [2.75, 3.05) is 5.32 Å². The minimum absolute atomic E-state index is 0.737. The molecule has 0 amide bonds. The highest BCUT2D eigenvalue weighted by Gasteiger charge is 2.00. The lowest BCUT2D eigenvalue weighted by Crippen LogP contribution is -1.92. The fraction of sp³-hybridized carbons (Fsp3) is 0.143. The summed E-state index contributed by atoms with van der Waals surface area (Å²) in [5, 5.41) is 4.05. The van der Waals surface area contributed by atoms with Crippen LogP contribution < -0.4 is 5.32 Å². The van der Waals surface area contributed by atoms with Crippen molar-refractivity contribution < 1.29 is 0 Å². The zero-order chi connectivity index (χ0) is 11.5. The smallest absolute Gasteiger partial charge is 0.0640 e. The summed E-state index contributed by atoms with van der Waals surface area (Å²) in [6, 6.07) is 14.0. The van der Waals surface area contributed by atoms with Gasteiger partial charge in [0.05, 0.1) is 10.7 Å². The van der Waals surface area contributed by atoms with Crippen LogP contribution in [-0.2, 0) is 0 Å². The van der Waals surface area contributed by atoms with Gasteiger partial charge in [-0.1, -0.05) is 29.8 Å². The summed E-state index contributed by atoms with van der Waals surface area (Å²) in [6.07, 6.45) is 0. The van der Waals surface area contributed by atoms with Gasteiger partial charge in [-0.3, -0.25) is 0 Å². The summed E-state index contributed by atoms with van der Waals surface area (Å²) in [6.45, 7) is 4.21. The summed E-state index contributed by atoms with van der Waals surface area (Å²) >= 11 is 6.08. The van der Waals surface area contributed by atoms with Crippen LogP contribution in [0, 0.1) is 13.8 Å². The van der Waals surface area contributed by atoms with Gasteiger partial charge in [0, 0.05) is 5.69 Å². The van der Waals surface area contributed by atoms with Crippen LogP contribution in [0.3, 0.4) is 0 Å². The molecule has 0 saturated carbocycles. The molecule has 16 heavy (non-hydrogen) atoms. The number of nitrogens with one attached hydrogen (secondary N) is 1. The van der Waals surface area contributed by atoms with Crippen LogP contribution in [0.5, 0.6) is 0 Å². The van der Waals surface area contributed by atoms with Crippen LogP contribution in [0.1, 0.15) is 11.1 Å². The average molecular weight is 232 g/mol. The molecule has 0 aliphatic heterocycles. The van der Waals surface area contributed by atoms with Gasteiger partial charge in [-0.05, 0) is 49.2 Å². The van der Waals surface area contributed by atoms with Crippen LogP contribution in [0.4, 0.5) is 11.4 Å². The molecule has 0 aliphatic carbocycles. The van der Waals surface area contributed by atoms with Gasteiger partial charge in [-0.2, -0.15) is 0 Å². The van der Waals surface area contributed by atoms with Crippen molar-refractivity contribution in [3.63, 3.8) is 0 Å². The fourth-order valence-corrected chi connectivity index (χ4v) is 1.72. The van der Waals surface area contributed by atoms with E-state index < -0.39 is 0 Å². The molecule has 0 fully saturated rings. The Kier molecular flexibility index (Phi) is 3.16. The summed E-state index contributed by atoms with van der Waals surface area (Å²) in [5.74, 6) is 0. The maximum atomic E-state index is 6.08. The minimum Gasteiger partial charge on any atom is -0.354 e. The van der Waals surface area contributed by atoms with Gasteiger partial charge in [0.15, 0.2) is 0 Å². The number of halogens is 1. The van der Waals surface area contributed by atoms with Crippen LogP contribution >= 0.6 is 11.6 Å². The monoisotopic (exact) mass is 231 g/mol. The lowest BCUT2D eigenvalue weighted by Gasteiger charge is -2.09. The fourth-order valence-electron chi connectivity index (χ4n) is 1.54. The molecule has 2 aromatic rings. The minimum atomic E-state index is 0.737. The Labute approximate surface area is 101 Å². The highest BCUT2D eigenvalue weighted by molar-refractivity contribution is 6.33. The van der Waals surface area contributed by atoms with E-state index in [1.807, 2.05) is 24.3 Å². The molecule has 0 radical (unpaired) electrons. The van der Waals surface area contributed by atoms with Crippen LogP contribution in [0.25, 0.3) is 0 Å². The van der Waals surface area contributed by atoms with E-state index in [1.165, 1.54) is 11.1 Å². The van der Waals surface area contributed by atoms with Gasteiger partial charge < -0.3 is 5.32 Å². The molecular formula is C14H14ClN. The molecular weight excluding hydrogens is 218 g/mol. The van der Waals surface area contributed by atoms with E-state index in [0.717, 1.165) is 16.4 Å². The Bertz CT molecular complexity index is 506. The van der Waals surface area contributed by atoms with Gasteiger partial charge in [0.25, 0.3) is 0 Å². The Morgan fingerprint density at radius 2 is 1.69 bits per heavy atom. The van der Waals surface area contributed by atoms with Crippen molar-refractivity contribution >= 4 is 23.0 Å². The number of hydrogen-bond acceptors (Lipinski definition) is 1. The number of benzene rings is 2. The van der Waals surface area contributed by atoms with E-state index in [4.69, 9.17) is 11.6 Å². The van der Waals surface area contributed by atoms with E-state index >= 15 is 0 Å². The van der Waals surface area contributed by atoms with Crippen molar-refractivity contribution in [3.05, 3.63) is 58.6 Å². The molecule has 2 heteroatoms. The molecule has 0 unspecified atom stereocenters. The van der Waals surface area contributed by atoms with Crippen molar-refractivity contribution in [1.82, 2.24) is 0 Å². The maximum absolute atomic E-state index is 6.08. The third-order valence-electron chi connectivity index (χ3n) is 2.66. The quantitative estimate of drug-likeness (QED) is 0.790. The van der Waals surface area contributed by atoms with Gasteiger partial charge in [-0.15, -0.1) is 0 Å². The molecule has 0 aromatic heterocycles. The molecule has 0 aliphatic rings. The zero-order valence-electron chi connectivity index (χ0n) is 9.42. The van der Waals surface area contributed by atoms with E-state index in [-0.39, 0.29) is 0 Å². The van der Waals surface area contributed by atoms with Gasteiger partial charge in [0.2, 0.25) is 0 Å². The highest BCUT2D eigenvalue weighted by Crippen LogP contribution is 2.25. The molecule has 0 saturated heterocycles. The first-order valence-electron chi connectivity index (χ1n) is 5.25. The van der Waals surface area contributed by atoms with E-state index in [0.29, 0.717) is 0 Å². The summed E-state index contributed by atoms with van der Waals surface area (Å²) < 4.78 is 0. The lowest BCUT2D eigenvalue weighted by atomic mass is 10.1. The maximum Gasteiger partial charge on any atom is 0.0640 e.